The van der Waals surface area contributed by atoms with Gasteiger partial charge < -0.3 is 10.6 Å². The van der Waals surface area contributed by atoms with E-state index in [4.69, 9.17) is 0 Å². The molecule has 1 saturated carbocycles. The van der Waals surface area contributed by atoms with Crippen molar-refractivity contribution in [2.24, 2.45) is 10.8 Å². The number of nitrogens with one attached hydrogen (secondary N) is 3. The zero-order valence-electron chi connectivity index (χ0n) is 15.9. The van der Waals surface area contributed by atoms with Crippen LogP contribution in [0.4, 0.5) is 11.6 Å². The molecule has 1 fully saturated rings. The number of aryl methyl sites for hydroxylation is 1. The molecule has 0 saturated heterocycles. The molecule has 0 unspecified atom stereocenters. The molecule has 26 heavy (non-hydrogen) atoms. The van der Waals surface area contributed by atoms with Crippen molar-refractivity contribution in [3.63, 3.8) is 0 Å². The van der Waals surface area contributed by atoms with E-state index in [-0.39, 0.29) is 23.2 Å². The highest BCUT2D eigenvalue weighted by atomic mass is 16.1. The summed E-state index contributed by atoms with van der Waals surface area (Å²) in [6.45, 7) is 10.0. The van der Waals surface area contributed by atoms with Gasteiger partial charge in [0.05, 0.1) is 12.1 Å². The molecular formula is C20H27N5O. The highest BCUT2D eigenvalue weighted by Crippen LogP contribution is 2.73. The normalized spacial score (nSPS) is 20.2. The summed E-state index contributed by atoms with van der Waals surface area (Å²) >= 11 is 0. The van der Waals surface area contributed by atoms with Crippen LogP contribution in [0.25, 0.3) is 0 Å². The van der Waals surface area contributed by atoms with E-state index < -0.39 is 0 Å². The number of carbonyl (C=O) groups excluding carboxylic acids is 1. The molecule has 2 aromatic heterocycles. The van der Waals surface area contributed by atoms with E-state index >= 15 is 0 Å². The SMILES string of the molecule is CC1(C)C(c2cc(NC(=O)Cc3ccc4c(n3)NCCC4)n[nH]2)C1(C)C. The number of hydrogen-bond donors (Lipinski definition) is 3. The van der Waals surface area contributed by atoms with Gasteiger partial charge >= 0.3 is 0 Å². The largest absolute Gasteiger partial charge is 0.370 e. The lowest BCUT2D eigenvalue weighted by atomic mass is 10.0. The standard InChI is InChI=1S/C20H27N5O/c1-19(2)17(20(19,3)4)14-11-15(25-24-14)23-16(26)10-13-8-7-12-6-5-9-21-18(12)22-13/h7-8,11,17H,5-6,9-10H2,1-4H3,(H,21,22)(H2,23,24,25,26). The Morgan fingerprint density at radius 3 is 2.77 bits per heavy atom. The Morgan fingerprint density at radius 1 is 1.27 bits per heavy atom. The number of rotatable bonds is 4. The molecule has 3 N–H and O–H groups in total. The number of carbonyl (C=O) groups is 1. The van der Waals surface area contributed by atoms with Gasteiger partial charge in [0.1, 0.15) is 5.82 Å². The second-order valence-electron chi connectivity index (χ2n) is 8.65. The summed E-state index contributed by atoms with van der Waals surface area (Å²) in [4.78, 5) is 17.0. The minimum absolute atomic E-state index is 0.0966. The van der Waals surface area contributed by atoms with Gasteiger partial charge in [0, 0.05) is 24.2 Å². The first-order chi connectivity index (χ1) is 12.3. The summed E-state index contributed by atoms with van der Waals surface area (Å²) in [5.41, 5.74) is 3.57. The van der Waals surface area contributed by atoms with Crippen LogP contribution in [-0.2, 0) is 17.6 Å². The fourth-order valence-electron chi connectivity index (χ4n) is 4.34. The Kier molecular flexibility index (Phi) is 3.82. The average Bonchev–Trinajstić information content (AvgIpc) is 2.88. The number of anilines is 2. The maximum atomic E-state index is 12.4. The molecule has 138 valence electrons. The summed E-state index contributed by atoms with van der Waals surface area (Å²) in [7, 11) is 0. The first-order valence-electron chi connectivity index (χ1n) is 9.37. The minimum atomic E-state index is -0.0966. The second-order valence-corrected chi connectivity index (χ2v) is 8.65. The van der Waals surface area contributed by atoms with Gasteiger partial charge in [-0.1, -0.05) is 33.8 Å². The maximum Gasteiger partial charge on any atom is 0.231 e. The minimum Gasteiger partial charge on any atom is -0.370 e. The number of nitrogens with zero attached hydrogens (tertiary/aromatic N) is 2. The molecule has 1 aliphatic carbocycles. The predicted molar refractivity (Wildman–Crippen MR) is 102 cm³/mol. The lowest BCUT2D eigenvalue weighted by molar-refractivity contribution is -0.115. The number of fused-ring (bicyclic) bond motifs is 1. The molecule has 0 radical (unpaired) electrons. The number of aromatic amines is 1. The highest BCUT2D eigenvalue weighted by molar-refractivity contribution is 5.91. The Morgan fingerprint density at radius 2 is 2.04 bits per heavy atom. The lowest BCUT2D eigenvalue weighted by Gasteiger charge is -2.17. The van der Waals surface area contributed by atoms with E-state index in [0.717, 1.165) is 36.6 Å². The molecule has 1 aliphatic heterocycles. The Balaban J connectivity index is 1.40. The van der Waals surface area contributed by atoms with Gasteiger partial charge in [-0.25, -0.2) is 4.98 Å². The fraction of sp³-hybridized carbons (Fsp3) is 0.550. The topological polar surface area (TPSA) is 82.7 Å². The van der Waals surface area contributed by atoms with Crippen molar-refractivity contribution in [3.05, 3.63) is 35.2 Å². The van der Waals surface area contributed by atoms with Gasteiger partial charge in [0.2, 0.25) is 5.91 Å². The zero-order valence-corrected chi connectivity index (χ0v) is 15.9. The summed E-state index contributed by atoms with van der Waals surface area (Å²) in [6, 6.07) is 5.97. The van der Waals surface area contributed by atoms with Crippen molar-refractivity contribution in [2.75, 3.05) is 17.2 Å². The molecular weight excluding hydrogens is 326 g/mol. The highest BCUT2D eigenvalue weighted by Gasteiger charge is 2.65. The van der Waals surface area contributed by atoms with Gasteiger partial charge in [-0.05, 0) is 35.3 Å². The maximum absolute atomic E-state index is 12.4. The molecule has 6 heteroatoms. The van der Waals surface area contributed by atoms with Gasteiger partial charge in [0.25, 0.3) is 0 Å². The van der Waals surface area contributed by atoms with Crippen molar-refractivity contribution in [1.29, 1.82) is 0 Å². The average molecular weight is 353 g/mol. The van der Waals surface area contributed by atoms with Crippen molar-refractivity contribution < 1.29 is 4.79 Å². The molecule has 2 aromatic rings. The fourth-order valence-corrected chi connectivity index (χ4v) is 4.34. The number of aromatic nitrogens is 3. The van der Waals surface area contributed by atoms with Crippen molar-refractivity contribution in [3.8, 4) is 0 Å². The zero-order chi connectivity index (χ0) is 18.5. The summed E-state index contributed by atoms with van der Waals surface area (Å²) < 4.78 is 0. The quantitative estimate of drug-likeness (QED) is 0.786. The molecule has 0 aromatic carbocycles. The number of H-pyrrole nitrogens is 1. The van der Waals surface area contributed by atoms with E-state index in [2.05, 4.69) is 59.6 Å². The van der Waals surface area contributed by atoms with Crippen LogP contribution < -0.4 is 10.6 Å². The Hall–Kier alpha value is -2.37. The first kappa shape index (κ1) is 17.1. The van der Waals surface area contributed by atoms with Crippen molar-refractivity contribution >= 4 is 17.5 Å². The number of amides is 1. The van der Waals surface area contributed by atoms with Crippen LogP contribution in [0.2, 0.25) is 0 Å². The van der Waals surface area contributed by atoms with E-state index in [1.54, 1.807) is 0 Å². The van der Waals surface area contributed by atoms with Crippen LogP contribution in [0.5, 0.6) is 0 Å². The molecule has 0 spiro atoms. The summed E-state index contributed by atoms with van der Waals surface area (Å²) in [5, 5.41) is 13.6. The van der Waals surface area contributed by atoms with Crippen LogP contribution in [-0.4, -0.2) is 27.6 Å². The predicted octanol–water partition coefficient (Wildman–Crippen LogP) is 3.49. The van der Waals surface area contributed by atoms with Crippen LogP contribution in [0, 0.1) is 10.8 Å². The van der Waals surface area contributed by atoms with E-state index in [1.165, 1.54) is 5.56 Å². The van der Waals surface area contributed by atoms with Crippen LogP contribution in [0.15, 0.2) is 18.2 Å². The van der Waals surface area contributed by atoms with E-state index in [1.807, 2.05) is 12.1 Å². The third kappa shape index (κ3) is 2.77. The summed E-state index contributed by atoms with van der Waals surface area (Å²) in [5.74, 6) is 1.84. The third-order valence-corrected chi connectivity index (χ3v) is 6.49. The lowest BCUT2D eigenvalue weighted by Crippen LogP contribution is -2.18. The second kappa shape index (κ2) is 5.83. The summed E-state index contributed by atoms with van der Waals surface area (Å²) in [6.07, 6.45) is 2.42. The van der Waals surface area contributed by atoms with Gasteiger partial charge in [-0.2, -0.15) is 5.10 Å². The molecule has 2 aliphatic rings. The van der Waals surface area contributed by atoms with Gasteiger partial charge in [-0.15, -0.1) is 0 Å². The smallest absolute Gasteiger partial charge is 0.231 e. The molecule has 3 heterocycles. The monoisotopic (exact) mass is 353 g/mol. The molecule has 1 amide bonds. The van der Waals surface area contributed by atoms with E-state index in [0.29, 0.717) is 11.7 Å². The van der Waals surface area contributed by atoms with Gasteiger partial charge in [-0.3, -0.25) is 9.89 Å². The Labute approximate surface area is 154 Å². The van der Waals surface area contributed by atoms with E-state index in [9.17, 15) is 4.79 Å². The molecule has 0 atom stereocenters. The number of hydrogen-bond acceptors (Lipinski definition) is 4. The molecule has 6 nitrogen and oxygen atoms in total. The third-order valence-electron chi connectivity index (χ3n) is 6.49. The van der Waals surface area contributed by atoms with Crippen LogP contribution in [0.3, 0.4) is 0 Å². The Bertz CT molecular complexity index is 838. The van der Waals surface area contributed by atoms with Gasteiger partial charge in [0.15, 0.2) is 5.82 Å². The van der Waals surface area contributed by atoms with Crippen LogP contribution in [0.1, 0.15) is 57.0 Å². The van der Waals surface area contributed by atoms with Crippen LogP contribution >= 0.6 is 0 Å². The molecule has 4 rings (SSSR count). The number of pyridine rings is 1. The van der Waals surface area contributed by atoms with Crippen molar-refractivity contribution in [1.82, 2.24) is 15.2 Å². The van der Waals surface area contributed by atoms with Crippen molar-refractivity contribution in [2.45, 2.75) is 52.9 Å². The first-order valence-corrected chi connectivity index (χ1v) is 9.37. The molecule has 0 bridgehead atoms.